The molecule has 4 rings (SSSR count). The SMILES string of the molecule is O=C(NCC(=O)N(c1ccc(F)cc1)[C@@H](C(=O)NC1CCCCC1)c1cccs1)c1ccco1. The number of anilines is 1. The lowest BCUT2D eigenvalue weighted by Crippen LogP contribution is -2.49. The molecule has 0 unspecified atom stereocenters. The van der Waals surface area contributed by atoms with Crippen LogP contribution in [0.15, 0.2) is 64.6 Å². The summed E-state index contributed by atoms with van der Waals surface area (Å²) < 4.78 is 18.7. The molecule has 1 aliphatic carbocycles. The van der Waals surface area contributed by atoms with E-state index in [0.717, 1.165) is 32.1 Å². The Bertz CT molecular complexity index is 1090. The van der Waals surface area contributed by atoms with Crippen LogP contribution in [0, 0.1) is 5.82 Å². The minimum absolute atomic E-state index is 0.0486. The van der Waals surface area contributed by atoms with Crippen molar-refractivity contribution in [1.82, 2.24) is 10.6 Å². The fourth-order valence-electron chi connectivity index (χ4n) is 4.12. The molecule has 0 spiro atoms. The Morgan fingerprint density at radius 2 is 1.82 bits per heavy atom. The number of halogens is 1. The average molecular weight is 484 g/mol. The third-order valence-electron chi connectivity index (χ3n) is 5.79. The fourth-order valence-corrected chi connectivity index (χ4v) is 4.94. The number of rotatable bonds is 8. The molecule has 34 heavy (non-hydrogen) atoms. The molecule has 3 aromatic rings. The van der Waals surface area contributed by atoms with Crippen molar-refractivity contribution in [2.75, 3.05) is 11.4 Å². The van der Waals surface area contributed by atoms with Crippen molar-refractivity contribution in [2.45, 2.75) is 44.2 Å². The number of thiophene rings is 1. The molecule has 1 fully saturated rings. The van der Waals surface area contributed by atoms with Gasteiger partial charge in [-0.1, -0.05) is 25.3 Å². The summed E-state index contributed by atoms with van der Waals surface area (Å²) in [6.07, 6.45) is 6.40. The van der Waals surface area contributed by atoms with Crippen LogP contribution in [-0.2, 0) is 9.59 Å². The minimum atomic E-state index is -0.958. The van der Waals surface area contributed by atoms with Crippen molar-refractivity contribution in [3.63, 3.8) is 0 Å². The van der Waals surface area contributed by atoms with Crippen LogP contribution in [0.5, 0.6) is 0 Å². The lowest BCUT2D eigenvalue weighted by molar-refractivity contribution is -0.126. The smallest absolute Gasteiger partial charge is 0.287 e. The molecule has 0 aliphatic heterocycles. The molecule has 3 amide bonds. The Balaban J connectivity index is 1.62. The fraction of sp³-hybridized carbons (Fsp3) is 0.320. The van der Waals surface area contributed by atoms with Gasteiger partial charge < -0.3 is 15.1 Å². The second-order valence-electron chi connectivity index (χ2n) is 8.16. The largest absolute Gasteiger partial charge is 0.459 e. The Morgan fingerprint density at radius 1 is 1.06 bits per heavy atom. The zero-order valence-corrected chi connectivity index (χ0v) is 19.4. The lowest BCUT2D eigenvalue weighted by atomic mass is 9.95. The quantitative estimate of drug-likeness (QED) is 0.496. The van der Waals surface area contributed by atoms with Crippen molar-refractivity contribution in [3.8, 4) is 0 Å². The first-order valence-corrected chi connectivity index (χ1v) is 12.1. The number of carbonyl (C=O) groups is 3. The molecule has 9 heteroatoms. The first-order chi connectivity index (χ1) is 16.5. The van der Waals surface area contributed by atoms with Crippen molar-refractivity contribution >= 4 is 34.7 Å². The van der Waals surface area contributed by atoms with Gasteiger partial charge in [0.05, 0.1) is 12.8 Å². The number of nitrogens with one attached hydrogen (secondary N) is 2. The Labute approximate surface area is 200 Å². The second kappa shape index (κ2) is 11.1. The van der Waals surface area contributed by atoms with Crippen LogP contribution in [0.1, 0.15) is 53.6 Å². The van der Waals surface area contributed by atoms with Gasteiger partial charge in [0.25, 0.3) is 5.91 Å². The molecule has 1 aliphatic rings. The summed E-state index contributed by atoms with van der Waals surface area (Å²) in [5.74, 6) is -1.74. The first kappa shape index (κ1) is 23.7. The van der Waals surface area contributed by atoms with E-state index in [9.17, 15) is 18.8 Å². The molecule has 7 nitrogen and oxygen atoms in total. The summed E-state index contributed by atoms with van der Waals surface area (Å²) in [6.45, 7) is -0.366. The molecule has 2 aromatic heterocycles. The van der Waals surface area contributed by atoms with Crippen molar-refractivity contribution in [1.29, 1.82) is 0 Å². The maximum atomic E-state index is 13.7. The van der Waals surface area contributed by atoms with Gasteiger partial charge in [0.2, 0.25) is 11.8 Å². The summed E-state index contributed by atoms with van der Waals surface area (Å²) in [5.41, 5.74) is 0.357. The third kappa shape index (κ3) is 5.72. The van der Waals surface area contributed by atoms with E-state index < -0.39 is 23.7 Å². The molecular weight excluding hydrogens is 457 g/mol. The summed E-state index contributed by atoms with van der Waals surface area (Å²) in [4.78, 5) is 41.3. The highest BCUT2D eigenvalue weighted by Gasteiger charge is 2.35. The third-order valence-corrected chi connectivity index (χ3v) is 6.71. The number of benzene rings is 1. The number of carbonyl (C=O) groups excluding carboxylic acids is 3. The molecule has 1 aromatic carbocycles. The number of furan rings is 1. The van der Waals surface area contributed by atoms with Gasteiger partial charge in [-0.25, -0.2) is 4.39 Å². The number of hydrogen-bond acceptors (Lipinski definition) is 5. The summed E-state index contributed by atoms with van der Waals surface area (Å²) in [7, 11) is 0. The van der Waals surface area contributed by atoms with Crippen molar-refractivity contribution in [3.05, 3.63) is 76.6 Å². The zero-order valence-electron chi connectivity index (χ0n) is 18.5. The Hall–Kier alpha value is -3.46. The van der Waals surface area contributed by atoms with E-state index in [1.807, 2.05) is 11.4 Å². The topological polar surface area (TPSA) is 91.7 Å². The number of amides is 3. The van der Waals surface area contributed by atoms with Gasteiger partial charge in [-0.05, 0) is 60.7 Å². The molecule has 0 bridgehead atoms. The molecule has 1 atom stereocenters. The van der Waals surface area contributed by atoms with E-state index in [1.165, 1.54) is 52.8 Å². The predicted molar refractivity (Wildman–Crippen MR) is 127 cm³/mol. The van der Waals surface area contributed by atoms with Crippen LogP contribution in [-0.4, -0.2) is 30.3 Å². The maximum absolute atomic E-state index is 13.7. The van der Waals surface area contributed by atoms with E-state index in [2.05, 4.69) is 10.6 Å². The molecule has 0 saturated heterocycles. The Morgan fingerprint density at radius 3 is 2.47 bits per heavy atom. The van der Waals surface area contributed by atoms with Gasteiger partial charge in [0.15, 0.2) is 5.76 Å². The predicted octanol–water partition coefficient (Wildman–Crippen LogP) is 4.43. The lowest BCUT2D eigenvalue weighted by Gasteiger charge is -2.32. The Kier molecular flexibility index (Phi) is 7.74. The van der Waals surface area contributed by atoms with Crippen LogP contribution < -0.4 is 15.5 Å². The number of hydrogen-bond donors (Lipinski definition) is 2. The van der Waals surface area contributed by atoms with E-state index in [1.54, 1.807) is 12.1 Å². The molecular formula is C25H26FN3O4S. The molecule has 1 saturated carbocycles. The van der Waals surface area contributed by atoms with Gasteiger partial charge in [-0.2, -0.15) is 0 Å². The van der Waals surface area contributed by atoms with Crippen LogP contribution in [0.3, 0.4) is 0 Å². The normalized spacial score (nSPS) is 14.9. The highest BCUT2D eigenvalue weighted by atomic mass is 32.1. The number of nitrogens with zero attached hydrogens (tertiary/aromatic N) is 1. The van der Waals surface area contributed by atoms with Gasteiger partial charge in [0, 0.05) is 16.6 Å². The van der Waals surface area contributed by atoms with Crippen molar-refractivity contribution < 1.29 is 23.2 Å². The molecule has 2 heterocycles. The van der Waals surface area contributed by atoms with Gasteiger partial charge in [0.1, 0.15) is 11.9 Å². The van der Waals surface area contributed by atoms with Gasteiger partial charge >= 0.3 is 0 Å². The van der Waals surface area contributed by atoms with E-state index in [0.29, 0.717) is 10.6 Å². The van der Waals surface area contributed by atoms with E-state index >= 15 is 0 Å². The highest BCUT2D eigenvalue weighted by Crippen LogP contribution is 2.31. The first-order valence-electron chi connectivity index (χ1n) is 11.3. The highest BCUT2D eigenvalue weighted by molar-refractivity contribution is 7.10. The van der Waals surface area contributed by atoms with Gasteiger partial charge in [-0.15, -0.1) is 11.3 Å². The van der Waals surface area contributed by atoms with Crippen LogP contribution in [0.4, 0.5) is 10.1 Å². The van der Waals surface area contributed by atoms with E-state index in [4.69, 9.17) is 4.42 Å². The maximum Gasteiger partial charge on any atom is 0.287 e. The standard InChI is InChI=1S/C25H26FN3O4S/c26-17-10-12-19(13-11-17)29(22(30)16-27-24(31)20-8-4-14-33-20)23(21-9-5-15-34-21)25(32)28-18-6-2-1-3-7-18/h4-5,8-15,18,23H,1-3,6-7,16H2,(H,27,31)(H,28,32)/t23-/m1/s1. The van der Waals surface area contributed by atoms with E-state index in [-0.39, 0.29) is 24.3 Å². The average Bonchev–Trinajstić information content (AvgIpc) is 3.57. The minimum Gasteiger partial charge on any atom is -0.459 e. The summed E-state index contributed by atoms with van der Waals surface area (Å²) >= 11 is 1.36. The second-order valence-corrected chi connectivity index (χ2v) is 9.14. The molecule has 178 valence electrons. The molecule has 0 radical (unpaired) electrons. The van der Waals surface area contributed by atoms with Crippen LogP contribution in [0.25, 0.3) is 0 Å². The van der Waals surface area contributed by atoms with Crippen molar-refractivity contribution in [2.24, 2.45) is 0 Å². The monoisotopic (exact) mass is 483 g/mol. The summed E-state index contributed by atoms with van der Waals surface area (Å²) in [5, 5.41) is 7.48. The van der Waals surface area contributed by atoms with Gasteiger partial charge in [-0.3, -0.25) is 19.3 Å². The van der Waals surface area contributed by atoms with Crippen LogP contribution >= 0.6 is 11.3 Å². The molecule has 2 N–H and O–H groups in total. The summed E-state index contributed by atoms with van der Waals surface area (Å²) in [6, 6.07) is 11.1. The zero-order chi connectivity index (χ0) is 23.9. The van der Waals surface area contributed by atoms with Crippen LogP contribution in [0.2, 0.25) is 0 Å².